The van der Waals surface area contributed by atoms with Crippen LogP contribution in [0.2, 0.25) is 0 Å². The summed E-state index contributed by atoms with van der Waals surface area (Å²) < 4.78 is 5.51. The Hall–Kier alpha value is -1.40. The summed E-state index contributed by atoms with van der Waals surface area (Å²) in [6.07, 6.45) is 90.3. The van der Waals surface area contributed by atoms with E-state index in [1.807, 2.05) is 6.08 Å². The van der Waals surface area contributed by atoms with Gasteiger partial charge in [0.05, 0.1) is 25.4 Å². The largest absolute Gasteiger partial charge is 0.466 e. The van der Waals surface area contributed by atoms with Gasteiger partial charge in [-0.25, -0.2) is 0 Å². The van der Waals surface area contributed by atoms with Gasteiger partial charge in [0.15, 0.2) is 0 Å². The van der Waals surface area contributed by atoms with Gasteiger partial charge in [0.1, 0.15) is 0 Å². The van der Waals surface area contributed by atoms with E-state index in [1.54, 1.807) is 6.08 Å². The average molecular weight is 1160 g/mol. The Morgan fingerprint density at radius 1 is 0.329 bits per heavy atom. The van der Waals surface area contributed by atoms with Crippen molar-refractivity contribution in [3.05, 3.63) is 12.2 Å². The highest BCUT2D eigenvalue weighted by molar-refractivity contribution is 5.76. The molecule has 6 nitrogen and oxygen atoms in total. The van der Waals surface area contributed by atoms with Gasteiger partial charge in [-0.05, 0) is 32.1 Å². The third-order valence-electron chi connectivity index (χ3n) is 18.1. The molecule has 488 valence electrons. The minimum Gasteiger partial charge on any atom is -0.466 e. The van der Waals surface area contributed by atoms with Gasteiger partial charge >= 0.3 is 5.97 Å². The van der Waals surface area contributed by atoms with Crippen LogP contribution >= 0.6 is 0 Å². The molecule has 0 saturated carbocycles. The molecule has 0 rings (SSSR count). The zero-order chi connectivity index (χ0) is 59.2. The summed E-state index contributed by atoms with van der Waals surface area (Å²) in [5.74, 6) is -0.0366. The second kappa shape index (κ2) is 72.1. The number of esters is 1. The van der Waals surface area contributed by atoms with Crippen molar-refractivity contribution in [1.29, 1.82) is 0 Å². The molecule has 1 amide bonds. The number of amides is 1. The van der Waals surface area contributed by atoms with E-state index in [4.69, 9.17) is 4.74 Å². The average Bonchev–Trinajstić information content (AvgIpc) is 3.48. The van der Waals surface area contributed by atoms with Gasteiger partial charge in [0.25, 0.3) is 0 Å². The van der Waals surface area contributed by atoms with Gasteiger partial charge in [0, 0.05) is 12.8 Å². The lowest BCUT2D eigenvalue weighted by Gasteiger charge is -2.20. The molecule has 0 aliphatic rings. The molecule has 82 heavy (non-hydrogen) atoms. The minimum atomic E-state index is -0.843. The first kappa shape index (κ1) is 80.6. The molecule has 0 fully saturated rings. The number of ether oxygens (including phenoxy) is 1. The van der Waals surface area contributed by atoms with E-state index in [2.05, 4.69) is 19.2 Å². The minimum absolute atomic E-state index is 0.0232. The summed E-state index contributed by atoms with van der Waals surface area (Å²) in [5.41, 5.74) is 0. The van der Waals surface area contributed by atoms with Crippen LogP contribution in [0.1, 0.15) is 438 Å². The first-order valence-corrected chi connectivity index (χ1v) is 38.0. The number of aliphatic hydroxyl groups is 2. The maximum absolute atomic E-state index is 12.5. The summed E-state index contributed by atoms with van der Waals surface area (Å²) in [6.45, 7) is 4.96. The van der Waals surface area contributed by atoms with Gasteiger partial charge in [-0.1, -0.05) is 405 Å². The number of aliphatic hydroxyl groups excluding tert-OH is 2. The fraction of sp³-hybridized carbons (Fsp3) is 0.947. The third kappa shape index (κ3) is 67.7. The number of allylic oxidation sites excluding steroid dienone is 1. The molecule has 0 saturated heterocycles. The first-order valence-electron chi connectivity index (χ1n) is 38.0. The van der Waals surface area contributed by atoms with Crippen LogP contribution in [0.15, 0.2) is 12.2 Å². The van der Waals surface area contributed by atoms with Crippen LogP contribution in [0.4, 0.5) is 0 Å². The normalized spacial score (nSPS) is 12.5. The van der Waals surface area contributed by atoms with E-state index >= 15 is 0 Å². The highest BCUT2D eigenvalue weighted by atomic mass is 16.5. The number of rotatable bonds is 72. The second-order valence-electron chi connectivity index (χ2n) is 26.4. The zero-order valence-electron chi connectivity index (χ0n) is 56.0. The molecule has 0 radical (unpaired) electrons. The topological polar surface area (TPSA) is 95.9 Å². The van der Waals surface area contributed by atoms with Gasteiger partial charge in [-0.2, -0.15) is 0 Å². The second-order valence-corrected chi connectivity index (χ2v) is 26.4. The molecule has 0 aromatic rings. The van der Waals surface area contributed by atoms with Crippen molar-refractivity contribution >= 4 is 11.9 Å². The molecule has 0 spiro atoms. The maximum atomic E-state index is 12.5. The third-order valence-corrected chi connectivity index (χ3v) is 18.1. The Labute approximate surface area is 514 Å². The van der Waals surface area contributed by atoms with Crippen LogP contribution in [-0.2, 0) is 14.3 Å². The van der Waals surface area contributed by atoms with E-state index in [1.165, 1.54) is 372 Å². The fourth-order valence-electron chi connectivity index (χ4n) is 12.3. The number of unbranched alkanes of at least 4 members (excludes halogenated alkanes) is 61. The molecule has 0 aromatic carbocycles. The summed E-state index contributed by atoms with van der Waals surface area (Å²) in [7, 11) is 0. The Morgan fingerprint density at radius 3 is 0.829 bits per heavy atom. The Bertz CT molecular complexity index is 1240. The molecule has 0 aliphatic carbocycles. The molecule has 0 aliphatic heterocycles. The van der Waals surface area contributed by atoms with E-state index in [0.717, 1.165) is 38.5 Å². The van der Waals surface area contributed by atoms with Crippen molar-refractivity contribution in [2.45, 2.75) is 450 Å². The summed E-state index contributed by atoms with van der Waals surface area (Å²) in [5, 5.41) is 23.3. The maximum Gasteiger partial charge on any atom is 0.305 e. The Kier molecular flexibility index (Phi) is 70.8. The van der Waals surface area contributed by atoms with Crippen molar-refractivity contribution in [1.82, 2.24) is 5.32 Å². The molecule has 6 heteroatoms. The van der Waals surface area contributed by atoms with Gasteiger partial charge in [0.2, 0.25) is 5.91 Å². The molecule has 0 bridgehead atoms. The lowest BCUT2D eigenvalue weighted by molar-refractivity contribution is -0.143. The van der Waals surface area contributed by atoms with E-state index in [0.29, 0.717) is 19.4 Å². The first-order chi connectivity index (χ1) is 40.5. The lowest BCUT2D eigenvalue weighted by atomic mass is 10.0. The van der Waals surface area contributed by atoms with Crippen molar-refractivity contribution in [3.63, 3.8) is 0 Å². The van der Waals surface area contributed by atoms with Crippen molar-refractivity contribution < 1.29 is 24.5 Å². The van der Waals surface area contributed by atoms with Gasteiger partial charge < -0.3 is 20.3 Å². The monoisotopic (exact) mass is 1160 g/mol. The number of hydrogen-bond donors (Lipinski definition) is 3. The quantitative estimate of drug-likeness (QED) is 0.0320. The van der Waals surface area contributed by atoms with Gasteiger partial charge in [-0.3, -0.25) is 9.59 Å². The van der Waals surface area contributed by atoms with Crippen molar-refractivity contribution in [2.24, 2.45) is 0 Å². The van der Waals surface area contributed by atoms with Crippen LogP contribution in [0.25, 0.3) is 0 Å². The fourth-order valence-corrected chi connectivity index (χ4v) is 12.3. The molecule has 2 atom stereocenters. The summed E-state index contributed by atoms with van der Waals surface area (Å²) >= 11 is 0. The van der Waals surface area contributed by atoms with Crippen LogP contribution < -0.4 is 5.32 Å². The smallest absolute Gasteiger partial charge is 0.305 e. The molecule has 0 heterocycles. The van der Waals surface area contributed by atoms with Crippen LogP contribution in [0.3, 0.4) is 0 Å². The summed E-state index contributed by atoms with van der Waals surface area (Å²) in [4.78, 5) is 24.6. The predicted octanol–water partition coefficient (Wildman–Crippen LogP) is 24.7. The molecular weight excluding hydrogens is 1010 g/mol. The summed E-state index contributed by atoms with van der Waals surface area (Å²) in [6, 6.07) is -0.626. The van der Waals surface area contributed by atoms with Crippen LogP contribution in [-0.4, -0.2) is 47.4 Å². The Morgan fingerprint density at radius 2 is 0.561 bits per heavy atom. The van der Waals surface area contributed by atoms with E-state index in [-0.39, 0.29) is 18.5 Å². The zero-order valence-corrected chi connectivity index (χ0v) is 56.0. The van der Waals surface area contributed by atoms with E-state index < -0.39 is 12.1 Å². The highest BCUT2D eigenvalue weighted by Crippen LogP contribution is 2.20. The SMILES string of the molecule is CCCCCCCCCCCCCCCCCCCCC/C=C/C(O)C(CO)NC(=O)CCCCCCCCCCCCCCCCCCCCCCCCCCCCCCOC(=O)CCCCCCCCCCCCCCCCCC. The number of hydrogen-bond acceptors (Lipinski definition) is 5. The highest BCUT2D eigenvalue weighted by Gasteiger charge is 2.18. The Balaban J connectivity index is 3.35. The molecular formula is C76H149NO5. The van der Waals surface area contributed by atoms with Gasteiger partial charge in [-0.15, -0.1) is 0 Å². The van der Waals surface area contributed by atoms with Crippen LogP contribution in [0.5, 0.6) is 0 Å². The lowest BCUT2D eigenvalue weighted by Crippen LogP contribution is -2.45. The molecule has 0 aromatic heterocycles. The number of carbonyl (C=O) groups is 2. The van der Waals surface area contributed by atoms with Crippen molar-refractivity contribution in [3.8, 4) is 0 Å². The van der Waals surface area contributed by atoms with E-state index in [9.17, 15) is 19.8 Å². The van der Waals surface area contributed by atoms with Crippen LogP contribution in [0, 0.1) is 0 Å². The number of carbonyl (C=O) groups excluding carboxylic acids is 2. The predicted molar refractivity (Wildman–Crippen MR) is 361 cm³/mol. The molecule has 2 unspecified atom stereocenters. The standard InChI is InChI=1S/C76H149NO5/c1-3-5-7-9-11-13-15-17-19-21-22-31-34-37-40-44-48-52-56-60-64-68-74(79)73(72-78)77-75(80)69-65-61-57-53-49-45-41-38-35-32-29-27-25-23-24-26-28-30-33-36-39-43-47-51-55-59-63-67-71-82-76(81)70-66-62-58-54-50-46-42-20-18-16-14-12-10-8-6-4-2/h64,68,73-74,78-79H,3-63,65-67,69-72H2,1-2H3,(H,77,80)/b68-64+. The van der Waals surface area contributed by atoms with Crippen molar-refractivity contribution in [2.75, 3.05) is 13.2 Å². The number of nitrogens with one attached hydrogen (secondary N) is 1. The molecule has 3 N–H and O–H groups in total.